The summed E-state index contributed by atoms with van der Waals surface area (Å²) in [6.07, 6.45) is 1.05. The number of hydrazine groups is 1. The zero-order valence-corrected chi connectivity index (χ0v) is 14.0. The van der Waals surface area contributed by atoms with Crippen LogP contribution in [0.5, 0.6) is 0 Å². The summed E-state index contributed by atoms with van der Waals surface area (Å²) in [5.41, 5.74) is 3.87. The number of nitrogens with one attached hydrogen (secondary N) is 1. The largest absolute Gasteiger partial charge is 0.341 e. The van der Waals surface area contributed by atoms with E-state index in [9.17, 15) is 4.79 Å². The molecule has 0 saturated heterocycles. The van der Waals surface area contributed by atoms with Crippen molar-refractivity contribution in [2.24, 2.45) is 11.8 Å². The fourth-order valence-corrected chi connectivity index (χ4v) is 2.01. The minimum absolute atomic E-state index is 0.000278. The lowest BCUT2D eigenvalue weighted by Crippen LogP contribution is -2.31. The monoisotopic (exact) mass is 292 g/mol. The van der Waals surface area contributed by atoms with Crippen LogP contribution in [0, 0.1) is 5.92 Å². The number of carbonyl (C=O) groups excluding carboxylic acids is 1. The Balaban J connectivity index is 3.09. The third-order valence-corrected chi connectivity index (χ3v) is 3.62. The van der Waals surface area contributed by atoms with Gasteiger partial charge in [-0.2, -0.15) is 0 Å². The van der Waals surface area contributed by atoms with Crippen LogP contribution in [0.2, 0.25) is 0 Å². The van der Waals surface area contributed by atoms with E-state index in [2.05, 4.69) is 45.0 Å². The molecule has 1 amide bonds. The van der Waals surface area contributed by atoms with E-state index in [1.807, 2.05) is 13.1 Å². The van der Waals surface area contributed by atoms with Gasteiger partial charge in [0.05, 0.1) is 0 Å². The van der Waals surface area contributed by atoms with Crippen LogP contribution in [-0.4, -0.2) is 29.4 Å². The molecule has 1 aromatic rings. The number of hydrogen-bond acceptors (Lipinski definition) is 4. The summed E-state index contributed by atoms with van der Waals surface area (Å²) in [6, 6.07) is 3.56. The van der Waals surface area contributed by atoms with Gasteiger partial charge < -0.3 is 10.3 Å². The third-order valence-electron chi connectivity index (χ3n) is 3.62. The zero-order chi connectivity index (χ0) is 16.2. The van der Waals surface area contributed by atoms with Crippen molar-refractivity contribution < 1.29 is 4.79 Å². The van der Waals surface area contributed by atoms with Gasteiger partial charge in [0.2, 0.25) is 0 Å². The van der Waals surface area contributed by atoms with Gasteiger partial charge in [-0.3, -0.25) is 4.79 Å². The maximum Gasteiger partial charge on any atom is 0.253 e. The van der Waals surface area contributed by atoms with E-state index >= 15 is 0 Å². The molecule has 0 aliphatic carbocycles. The molecule has 0 bridgehead atoms. The van der Waals surface area contributed by atoms with E-state index in [-0.39, 0.29) is 11.3 Å². The smallest absolute Gasteiger partial charge is 0.253 e. The molecular formula is C16H28N4O. The summed E-state index contributed by atoms with van der Waals surface area (Å²) < 4.78 is 0. The summed E-state index contributed by atoms with van der Waals surface area (Å²) in [6.45, 7) is 11.2. The molecule has 1 unspecified atom stereocenters. The average molecular weight is 292 g/mol. The molecule has 1 atom stereocenters. The predicted molar refractivity (Wildman–Crippen MR) is 87.2 cm³/mol. The second-order valence-corrected chi connectivity index (χ2v) is 6.72. The van der Waals surface area contributed by atoms with Crippen molar-refractivity contribution >= 4 is 11.7 Å². The number of nitrogens with zero attached hydrogens (tertiary/aromatic N) is 2. The first-order chi connectivity index (χ1) is 9.68. The van der Waals surface area contributed by atoms with Gasteiger partial charge in [-0.15, -0.1) is 0 Å². The fourth-order valence-electron chi connectivity index (χ4n) is 2.01. The molecule has 5 heteroatoms. The fraction of sp³-hybridized carbons (Fsp3) is 0.625. The Labute approximate surface area is 127 Å². The van der Waals surface area contributed by atoms with Crippen molar-refractivity contribution in [1.82, 2.24) is 9.88 Å². The number of anilines is 1. The lowest BCUT2D eigenvalue weighted by atomic mass is 9.90. The maximum atomic E-state index is 12.6. The minimum Gasteiger partial charge on any atom is -0.341 e. The predicted octanol–water partition coefficient (Wildman–Crippen LogP) is 2.78. The quantitative estimate of drug-likeness (QED) is 0.646. The van der Waals surface area contributed by atoms with Gasteiger partial charge in [-0.1, -0.05) is 41.0 Å². The Kier molecular flexibility index (Phi) is 5.72. The molecule has 1 heterocycles. The summed E-state index contributed by atoms with van der Waals surface area (Å²) in [5, 5.41) is 0. The standard InChI is InChI=1S/C16H28N4O/c1-7-11(2)10-20(6)15(21)12-8-13(16(3,4)5)18-14(9-12)19-17/h8-9,11H,7,10,17H2,1-6H3,(H,18,19). The van der Waals surface area contributed by atoms with Crippen LogP contribution in [0.15, 0.2) is 12.1 Å². The molecule has 0 spiro atoms. The van der Waals surface area contributed by atoms with Crippen molar-refractivity contribution in [3.63, 3.8) is 0 Å². The van der Waals surface area contributed by atoms with Crippen LogP contribution in [-0.2, 0) is 5.41 Å². The number of rotatable bonds is 5. The van der Waals surface area contributed by atoms with E-state index in [0.29, 0.717) is 17.3 Å². The van der Waals surface area contributed by atoms with Crippen LogP contribution in [0.25, 0.3) is 0 Å². The summed E-state index contributed by atoms with van der Waals surface area (Å²) in [7, 11) is 1.83. The molecule has 1 rings (SSSR count). The Morgan fingerprint density at radius 3 is 2.52 bits per heavy atom. The average Bonchev–Trinajstić information content (AvgIpc) is 2.44. The van der Waals surface area contributed by atoms with E-state index in [4.69, 9.17) is 5.84 Å². The first-order valence-corrected chi connectivity index (χ1v) is 7.43. The van der Waals surface area contributed by atoms with Gasteiger partial charge in [0.1, 0.15) is 5.82 Å². The maximum absolute atomic E-state index is 12.6. The Morgan fingerprint density at radius 1 is 1.43 bits per heavy atom. The van der Waals surface area contributed by atoms with Crippen LogP contribution in [0.4, 0.5) is 5.82 Å². The van der Waals surface area contributed by atoms with Gasteiger partial charge in [0.25, 0.3) is 5.91 Å². The molecule has 0 fully saturated rings. The normalized spacial score (nSPS) is 12.9. The van der Waals surface area contributed by atoms with Crippen molar-refractivity contribution in [1.29, 1.82) is 0 Å². The van der Waals surface area contributed by atoms with Gasteiger partial charge in [-0.05, 0) is 18.1 Å². The summed E-state index contributed by atoms with van der Waals surface area (Å²) >= 11 is 0. The molecule has 0 aliphatic rings. The number of nitrogen functional groups attached to an aromatic ring is 1. The molecule has 0 aliphatic heterocycles. The van der Waals surface area contributed by atoms with Gasteiger partial charge in [0.15, 0.2) is 0 Å². The molecule has 5 nitrogen and oxygen atoms in total. The number of nitrogens with two attached hydrogens (primary N) is 1. The highest BCUT2D eigenvalue weighted by molar-refractivity contribution is 5.95. The van der Waals surface area contributed by atoms with Crippen LogP contribution in [0.1, 0.15) is 57.1 Å². The van der Waals surface area contributed by atoms with E-state index in [1.54, 1.807) is 11.0 Å². The topological polar surface area (TPSA) is 71.2 Å². The SMILES string of the molecule is CCC(C)CN(C)C(=O)c1cc(NN)nc(C(C)(C)C)c1. The van der Waals surface area contributed by atoms with Gasteiger partial charge >= 0.3 is 0 Å². The molecule has 0 aromatic carbocycles. The van der Waals surface area contributed by atoms with Gasteiger partial charge in [0, 0.05) is 30.3 Å². The zero-order valence-electron chi connectivity index (χ0n) is 14.0. The second kappa shape index (κ2) is 6.89. The van der Waals surface area contributed by atoms with E-state index in [0.717, 1.165) is 18.7 Å². The molecular weight excluding hydrogens is 264 g/mol. The Morgan fingerprint density at radius 2 is 2.05 bits per heavy atom. The number of pyridine rings is 1. The summed E-state index contributed by atoms with van der Waals surface area (Å²) in [5.74, 6) is 6.47. The minimum atomic E-state index is -0.142. The lowest BCUT2D eigenvalue weighted by molar-refractivity contribution is 0.0774. The highest BCUT2D eigenvalue weighted by atomic mass is 16.2. The first-order valence-electron chi connectivity index (χ1n) is 7.43. The highest BCUT2D eigenvalue weighted by Crippen LogP contribution is 2.23. The molecule has 118 valence electrons. The molecule has 0 saturated carbocycles. The van der Waals surface area contributed by atoms with Gasteiger partial charge in [-0.25, -0.2) is 10.8 Å². The summed E-state index contributed by atoms with van der Waals surface area (Å²) in [4.78, 5) is 18.8. The number of amides is 1. The first kappa shape index (κ1) is 17.4. The van der Waals surface area contributed by atoms with Crippen LogP contribution in [0.3, 0.4) is 0 Å². The van der Waals surface area contributed by atoms with E-state index < -0.39 is 0 Å². The lowest BCUT2D eigenvalue weighted by Gasteiger charge is -2.23. The third kappa shape index (κ3) is 4.70. The number of aromatic nitrogens is 1. The van der Waals surface area contributed by atoms with Crippen LogP contribution < -0.4 is 11.3 Å². The van der Waals surface area contributed by atoms with Crippen molar-refractivity contribution in [2.75, 3.05) is 19.0 Å². The number of carbonyl (C=O) groups is 1. The molecule has 1 aromatic heterocycles. The Hall–Kier alpha value is -1.62. The molecule has 21 heavy (non-hydrogen) atoms. The molecule has 3 N–H and O–H groups in total. The highest BCUT2D eigenvalue weighted by Gasteiger charge is 2.21. The van der Waals surface area contributed by atoms with E-state index in [1.165, 1.54) is 0 Å². The number of hydrogen-bond donors (Lipinski definition) is 2. The van der Waals surface area contributed by atoms with Crippen molar-refractivity contribution in [2.45, 2.75) is 46.5 Å². The van der Waals surface area contributed by atoms with Crippen LogP contribution >= 0.6 is 0 Å². The Bertz CT molecular complexity index is 494. The second-order valence-electron chi connectivity index (χ2n) is 6.72. The van der Waals surface area contributed by atoms with Crippen molar-refractivity contribution in [3.05, 3.63) is 23.4 Å². The van der Waals surface area contributed by atoms with Crippen molar-refractivity contribution in [3.8, 4) is 0 Å². The molecule has 0 radical (unpaired) electrons.